The Kier molecular flexibility index (Phi) is 6.11. The van der Waals surface area contributed by atoms with Crippen LogP contribution in [0.2, 0.25) is 0 Å². The van der Waals surface area contributed by atoms with Crippen LogP contribution >= 0.6 is 23.1 Å². The molecule has 1 aromatic heterocycles. The predicted molar refractivity (Wildman–Crippen MR) is 96.0 cm³/mol. The maximum Gasteiger partial charge on any atom is 0.238 e. The van der Waals surface area contributed by atoms with E-state index in [0.29, 0.717) is 15.2 Å². The summed E-state index contributed by atoms with van der Waals surface area (Å²) in [6.07, 6.45) is 0. The Hall–Kier alpha value is -2.02. The molecule has 0 fully saturated rings. The van der Waals surface area contributed by atoms with Crippen molar-refractivity contribution < 1.29 is 18.0 Å². The van der Waals surface area contributed by atoms with Crippen molar-refractivity contribution in [2.24, 2.45) is 5.14 Å². The van der Waals surface area contributed by atoms with Crippen molar-refractivity contribution in [2.75, 3.05) is 10.6 Å². The summed E-state index contributed by atoms with van der Waals surface area (Å²) in [6.45, 7) is 3.06. The van der Waals surface area contributed by atoms with Gasteiger partial charge in [-0.25, -0.2) is 13.6 Å². The lowest BCUT2D eigenvalue weighted by molar-refractivity contribution is -0.115. The molecular weight excluding hydrogens is 386 g/mol. The first-order chi connectivity index (χ1) is 11.6. The maximum absolute atomic E-state index is 12.2. The second-order valence-corrected chi connectivity index (χ2v) is 9.00. The first kappa shape index (κ1) is 19.3. The quantitative estimate of drug-likeness (QED) is 0.488. The number of anilines is 2. The van der Waals surface area contributed by atoms with Crippen molar-refractivity contribution in [3.05, 3.63) is 24.3 Å². The number of hydrogen-bond donors (Lipinski definition) is 3. The Labute approximate surface area is 152 Å². The highest BCUT2D eigenvalue weighted by Gasteiger charge is 2.18. The molecule has 2 aromatic rings. The molecule has 0 saturated carbocycles. The SMILES string of the molecule is CC(=O)Nc1nnc(SC(C)C(=O)Nc2ccc(S(N)(=O)=O)cc2)s1. The van der Waals surface area contributed by atoms with Gasteiger partial charge in [0.1, 0.15) is 0 Å². The van der Waals surface area contributed by atoms with Crippen LogP contribution in [-0.2, 0) is 19.6 Å². The van der Waals surface area contributed by atoms with E-state index in [1.54, 1.807) is 6.92 Å². The molecule has 1 heterocycles. The molecule has 9 nitrogen and oxygen atoms in total. The molecule has 0 radical (unpaired) electrons. The number of hydrogen-bond acceptors (Lipinski definition) is 8. The molecule has 0 spiro atoms. The highest BCUT2D eigenvalue weighted by molar-refractivity contribution is 8.02. The molecule has 0 aliphatic heterocycles. The summed E-state index contributed by atoms with van der Waals surface area (Å²) >= 11 is 2.36. The number of thioether (sulfide) groups is 1. The zero-order chi connectivity index (χ0) is 18.6. The smallest absolute Gasteiger partial charge is 0.238 e. The molecule has 25 heavy (non-hydrogen) atoms. The molecule has 0 aliphatic carbocycles. The lowest BCUT2D eigenvalue weighted by Gasteiger charge is -2.10. The van der Waals surface area contributed by atoms with Crippen LogP contribution in [0.5, 0.6) is 0 Å². The number of aromatic nitrogens is 2. The normalized spacial score (nSPS) is 12.4. The van der Waals surface area contributed by atoms with E-state index < -0.39 is 15.3 Å². The highest BCUT2D eigenvalue weighted by Crippen LogP contribution is 2.29. The average Bonchev–Trinajstić information content (AvgIpc) is 2.93. The van der Waals surface area contributed by atoms with E-state index in [9.17, 15) is 18.0 Å². The number of carbonyl (C=O) groups excluding carboxylic acids is 2. The fourth-order valence-electron chi connectivity index (χ4n) is 1.64. The number of carbonyl (C=O) groups is 2. The number of benzene rings is 1. The Morgan fingerprint density at radius 2 is 1.84 bits per heavy atom. The van der Waals surface area contributed by atoms with Crippen LogP contribution in [0.15, 0.2) is 33.5 Å². The lowest BCUT2D eigenvalue weighted by atomic mass is 10.3. The predicted octanol–water partition coefficient (Wildman–Crippen LogP) is 1.26. The number of amides is 2. The third kappa shape index (κ3) is 5.77. The molecule has 1 atom stereocenters. The number of nitrogens with zero attached hydrogens (tertiary/aromatic N) is 2. The molecule has 12 heteroatoms. The zero-order valence-corrected chi connectivity index (χ0v) is 15.7. The summed E-state index contributed by atoms with van der Waals surface area (Å²) in [5.41, 5.74) is 0.445. The zero-order valence-electron chi connectivity index (χ0n) is 13.2. The Bertz CT molecular complexity index is 879. The first-order valence-corrected chi connectivity index (χ1v) is 10.1. The second-order valence-electron chi connectivity index (χ2n) is 4.87. The van der Waals surface area contributed by atoms with Crippen LogP contribution in [0.4, 0.5) is 10.8 Å². The monoisotopic (exact) mass is 401 g/mol. The van der Waals surface area contributed by atoms with E-state index in [0.717, 1.165) is 0 Å². The van der Waals surface area contributed by atoms with Crippen LogP contribution in [0.3, 0.4) is 0 Å². The fourth-order valence-corrected chi connectivity index (χ4v) is 4.09. The topological polar surface area (TPSA) is 144 Å². The standard InChI is InChI=1S/C13H15N5O4S3/c1-7(23-13-18-17-12(24-13)15-8(2)19)11(20)16-9-3-5-10(6-4-9)25(14,21)22/h3-7H,1-2H3,(H,16,20)(H2,14,21,22)(H,15,17,19). The van der Waals surface area contributed by atoms with Gasteiger partial charge in [0.05, 0.1) is 10.1 Å². The van der Waals surface area contributed by atoms with Gasteiger partial charge in [-0.05, 0) is 31.2 Å². The van der Waals surface area contributed by atoms with Gasteiger partial charge in [-0.1, -0.05) is 23.1 Å². The summed E-state index contributed by atoms with van der Waals surface area (Å²) in [5, 5.41) is 17.8. The molecule has 1 unspecified atom stereocenters. The van der Waals surface area contributed by atoms with Crippen molar-refractivity contribution >= 4 is 55.8 Å². The van der Waals surface area contributed by atoms with Gasteiger partial charge < -0.3 is 10.6 Å². The number of nitrogens with one attached hydrogen (secondary N) is 2. The number of primary sulfonamides is 1. The third-order valence-corrected chi connectivity index (χ3v) is 5.74. The van der Waals surface area contributed by atoms with Crippen molar-refractivity contribution in [1.82, 2.24) is 10.2 Å². The summed E-state index contributed by atoms with van der Waals surface area (Å²) in [4.78, 5) is 23.1. The number of nitrogens with two attached hydrogens (primary N) is 1. The van der Waals surface area contributed by atoms with Crippen LogP contribution in [0.25, 0.3) is 0 Å². The number of sulfonamides is 1. The molecule has 4 N–H and O–H groups in total. The van der Waals surface area contributed by atoms with Crippen molar-refractivity contribution in [1.29, 1.82) is 0 Å². The first-order valence-electron chi connectivity index (χ1n) is 6.86. The third-order valence-electron chi connectivity index (χ3n) is 2.79. The molecular formula is C13H15N5O4S3. The van der Waals surface area contributed by atoms with E-state index in [1.165, 1.54) is 54.3 Å². The highest BCUT2D eigenvalue weighted by atomic mass is 32.2. The molecule has 1 aromatic carbocycles. The number of rotatable bonds is 6. The minimum Gasteiger partial charge on any atom is -0.325 e. The van der Waals surface area contributed by atoms with Crippen molar-refractivity contribution in [3.8, 4) is 0 Å². The van der Waals surface area contributed by atoms with Gasteiger partial charge in [-0.15, -0.1) is 10.2 Å². The van der Waals surface area contributed by atoms with Crippen LogP contribution in [0.1, 0.15) is 13.8 Å². The van der Waals surface area contributed by atoms with E-state index in [-0.39, 0.29) is 16.7 Å². The molecule has 2 rings (SSSR count). The van der Waals surface area contributed by atoms with Gasteiger partial charge in [-0.3, -0.25) is 9.59 Å². The molecule has 134 valence electrons. The van der Waals surface area contributed by atoms with E-state index in [4.69, 9.17) is 5.14 Å². The van der Waals surface area contributed by atoms with Gasteiger partial charge in [0.2, 0.25) is 27.0 Å². The van der Waals surface area contributed by atoms with Gasteiger partial charge in [0.25, 0.3) is 0 Å². The van der Waals surface area contributed by atoms with Crippen LogP contribution in [0, 0.1) is 0 Å². The van der Waals surface area contributed by atoms with Gasteiger partial charge in [0.15, 0.2) is 4.34 Å². The minimum absolute atomic E-state index is 0.0349. The molecule has 2 amide bonds. The van der Waals surface area contributed by atoms with Gasteiger partial charge in [-0.2, -0.15) is 0 Å². The van der Waals surface area contributed by atoms with Crippen LogP contribution < -0.4 is 15.8 Å². The summed E-state index contributed by atoms with van der Waals surface area (Å²) in [5.74, 6) is -0.536. The van der Waals surface area contributed by atoms with Crippen molar-refractivity contribution in [2.45, 2.75) is 28.3 Å². The van der Waals surface area contributed by atoms with Crippen LogP contribution in [-0.4, -0.2) is 35.7 Å². The Balaban J connectivity index is 1.96. The minimum atomic E-state index is -3.77. The summed E-state index contributed by atoms with van der Waals surface area (Å²) in [7, 11) is -3.77. The van der Waals surface area contributed by atoms with E-state index in [1.807, 2.05) is 0 Å². The Morgan fingerprint density at radius 1 is 1.20 bits per heavy atom. The molecule has 0 bridgehead atoms. The average molecular weight is 401 g/mol. The molecule has 0 aliphatic rings. The summed E-state index contributed by atoms with van der Waals surface area (Å²) in [6, 6.07) is 5.53. The second kappa shape index (κ2) is 7.91. The van der Waals surface area contributed by atoms with E-state index in [2.05, 4.69) is 20.8 Å². The van der Waals surface area contributed by atoms with Crippen molar-refractivity contribution in [3.63, 3.8) is 0 Å². The lowest BCUT2D eigenvalue weighted by Crippen LogP contribution is -2.22. The van der Waals surface area contributed by atoms with E-state index >= 15 is 0 Å². The molecule has 0 saturated heterocycles. The fraction of sp³-hybridized carbons (Fsp3) is 0.231. The maximum atomic E-state index is 12.2. The van der Waals surface area contributed by atoms with Gasteiger partial charge in [0, 0.05) is 12.6 Å². The largest absolute Gasteiger partial charge is 0.325 e. The summed E-state index contributed by atoms with van der Waals surface area (Å²) < 4.78 is 22.9. The Morgan fingerprint density at radius 3 is 2.40 bits per heavy atom. The van der Waals surface area contributed by atoms with Gasteiger partial charge >= 0.3 is 0 Å².